The maximum absolute atomic E-state index is 13.0. The van der Waals surface area contributed by atoms with E-state index in [0.717, 1.165) is 29.5 Å². The number of carbonyl (C=O) groups excluding carboxylic acids is 4. The quantitative estimate of drug-likeness (QED) is 0.499. The van der Waals surface area contributed by atoms with Crippen LogP contribution in [-0.2, 0) is 27.4 Å². The zero-order valence-electron chi connectivity index (χ0n) is 20.3. The van der Waals surface area contributed by atoms with Crippen LogP contribution < -0.4 is 10.6 Å². The van der Waals surface area contributed by atoms with Crippen molar-refractivity contribution in [3.63, 3.8) is 0 Å². The van der Waals surface area contributed by atoms with Crippen LogP contribution in [0, 0.1) is 6.92 Å². The predicted octanol–water partition coefficient (Wildman–Crippen LogP) is 3.54. The van der Waals surface area contributed by atoms with Gasteiger partial charge >= 0.3 is 6.09 Å². The number of carbonyl (C=O) groups is 4. The number of aromatic nitrogens is 1. The molecule has 190 valence electrons. The number of aryl methyl sites for hydroxylation is 1. The molecule has 0 radical (unpaired) electrons. The second kappa shape index (κ2) is 9.26. The summed E-state index contributed by atoms with van der Waals surface area (Å²) in [5.74, 6) is -0.646. The minimum atomic E-state index is -0.647. The Kier molecular flexibility index (Phi) is 5.91. The number of alkyl carbamates (subject to hydrolysis) is 1. The molecule has 3 heterocycles. The van der Waals surface area contributed by atoms with E-state index in [4.69, 9.17) is 4.74 Å². The molecular formula is C27H26N4O5S. The summed E-state index contributed by atoms with van der Waals surface area (Å²) >= 11 is 1.63. The Morgan fingerprint density at radius 1 is 1.22 bits per heavy atom. The zero-order chi connectivity index (χ0) is 25.7. The number of nitrogens with zero attached hydrogens (tertiary/aromatic N) is 2. The Morgan fingerprint density at radius 2 is 2.05 bits per heavy atom. The van der Waals surface area contributed by atoms with Gasteiger partial charge in [0, 0.05) is 25.1 Å². The molecule has 0 bridgehead atoms. The van der Waals surface area contributed by atoms with Crippen molar-refractivity contribution in [2.45, 2.75) is 63.8 Å². The highest BCUT2D eigenvalue weighted by molar-refractivity contribution is 7.16. The van der Waals surface area contributed by atoms with Crippen molar-refractivity contribution >= 4 is 45.4 Å². The summed E-state index contributed by atoms with van der Waals surface area (Å²) in [5.41, 5.74) is 7.51. The maximum Gasteiger partial charge on any atom is 0.407 e. The molecule has 1 saturated heterocycles. The van der Waals surface area contributed by atoms with E-state index in [2.05, 4.69) is 34.7 Å². The number of fused-ring (bicyclic) bond motifs is 2. The van der Waals surface area contributed by atoms with Gasteiger partial charge in [-0.25, -0.2) is 9.78 Å². The fraction of sp³-hybridized carbons (Fsp3) is 0.370. The van der Waals surface area contributed by atoms with E-state index in [1.165, 1.54) is 20.7 Å². The van der Waals surface area contributed by atoms with E-state index >= 15 is 0 Å². The van der Waals surface area contributed by atoms with E-state index in [9.17, 15) is 19.2 Å². The van der Waals surface area contributed by atoms with Gasteiger partial charge in [-0.3, -0.25) is 19.7 Å². The van der Waals surface area contributed by atoms with Crippen molar-refractivity contribution in [2.75, 3.05) is 0 Å². The summed E-state index contributed by atoms with van der Waals surface area (Å²) in [7, 11) is 0. The summed E-state index contributed by atoms with van der Waals surface area (Å²) in [4.78, 5) is 55.1. The number of imide groups is 1. The summed E-state index contributed by atoms with van der Waals surface area (Å²) in [6.45, 7) is 2.65. The van der Waals surface area contributed by atoms with Gasteiger partial charge < -0.3 is 15.0 Å². The largest absolute Gasteiger partial charge is 0.446 e. The van der Waals surface area contributed by atoms with Crippen LogP contribution in [0.25, 0.3) is 10.2 Å². The van der Waals surface area contributed by atoms with Crippen LogP contribution in [0.1, 0.15) is 64.2 Å². The van der Waals surface area contributed by atoms with Crippen molar-refractivity contribution in [3.05, 3.63) is 63.7 Å². The third kappa shape index (κ3) is 4.35. The third-order valence-corrected chi connectivity index (χ3v) is 8.36. The van der Waals surface area contributed by atoms with Gasteiger partial charge in [0.2, 0.25) is 11.8 Å². The van der Waals surface area contributed by atoms with E-state index < -0.39 is 18.0 Å². The fourth-order valence-electron chi connectivity index (χ4n) is 5.54. The molecule has 2 N–H and O–H groups in total. The van der Waals surface area contributed by atoms with E-state index in [0.29, 0.717) is 24.4 Å². The Balaban J connectivity index is 1.02. The van der Waals surface area contributed by atoms with Crippen molar-refractivity contribution in [2.24, 2.45) is 0 Å². The van der Waals surface area contributed by atoms with Crippen molar-refractivity contribution in [3.8, 4) is 0 Å². The second-order valence-electron chi connectivity index (χ2n) is 9.94. The van der Waals surface area contributed by atoms with Gasteiger partial charge in [-0.05, 0) is 66.5 Å². The molecule has 2 aliphatic heterocycles. The third-order valence-electron chi connectivity index (χ3n) is 7.57. The lowest BCUT2D eigenvalue weighted by molar-refractivity contribution is -0.136. The highest BCUT2D eigenvalue weighted by atomic mass is 32.1. The maximum atomic E-state index is 13.0. The molecule has 9 nitrogen and oxygen atoms in total. The number of thiazole rings is 1. The molecule has 1 saturated carbocycles. The average molecular weight is 519 g/mol. The van der Waals surface area contributed by atoms with Crippen LogP contribution in [0.3, 0.4) is 0 Å². The Bertz CT molecular complexity index is 1440. The lowest BCUT2D eigenvalue weighted by Crippen LogP contribution is -2.52. The van der Waals surface area contributed by atoms with Crippen molar-refractivity contribution in [1.82, 2.24) is 20.5 Å². The van der Waals surface area contributed by atoms with Gasteiger partial charge in [0.1, 0.15) is 12.1 Å². The minimum absolute atomic E-state index is 0.137. The topological polar surface area (TPSA) is 118 Å². The predicted molar refractivity (Wildman–Crippen MR) is 136 cm³/mol. The number of amides is 4. The van der Waals surface area contributed by atoms with Crippen LogP contribution in [0.5, 0.6) is 0 Å². The number of rotatable bonds is 5. The van der Waals surface area contributed by atoms with Crippen molar-refractivity contribution < 1.29 is 23.9 Å². The van der Waals surface area contributed by atoms with Gasteiger partial charge in [-0.2, -0.15) is 0 Å². The van der Waals surface area contributed by atoms with Gasteiger partial charge in [-0.1, -0.05) is 18.2 Å². The van der Waals surface area contributed by atoms with Crippen LogP contribution in [0.15, 0.2) is 35.8 Å². The molecule has 10 heteroatoms. The molecule has 0 spiro atoms. The summed E-state index contributed by atoms with van der Waals surface area (Å²) < 4.78 is 6.79. The smallest absolute Gasteiger partial charge is 0.407 e. The van der Waals surface area contributed by atoms with Gasteiger partial charge in [-0.15, -0.1) is 11.3 Å². The summed E-state index contributed by atoms with van der Waals surface area (Å²) in [5, 5.41) is 5.09. The average Bonchev–Trinajstić information content (AvgIpc) is 3.45. The fourth-order valence-corrected chi connectivity index (χ4v) is 6.24. The summed E-state index contributed by atoms with van der Waals surface area (Å²) in [6, 6.07) is 9.04. The number of ether oxygens (including phenoxy) is 1. The molecule has 2 fully saturated rings. The lowest BCUT2D eigenvalue weighted by atomic mass is 9.75. The van der Waals surface area contributed by atoms with E-state index in [1.807, 2.05) is 17.6 Å². The van der Waals surface area contributed by atoms with Gasteiger partial charge in [0.05, 0.1) is 15.7 Å². The van der Waals surface area contributed by atoms with Crippen molar-refractivity contribution in [1.29, 1.82) is 0 Å². The molecule has 1 aromatic heterocycles. The minimum Gasteiger partial charge on any atom is -0.446 e. The van der Waals surface area contributed by atoms with Crippen LogP contribution in [0.2, 0.25) is 0 Å². The van der Waals surface area contributed by atoms with Crippen LogP contribution >= 0.6 is 11.3 Å². The molecule has 1 aliphatic carbocycles. The molecule has 4 amide bonds. The number of benzene rings is 2. The van der Waals surface area contributed by atoms with Crippen LogP contribution in [0.4, 0.5) is 4.79 Å². The molecule has 37 heavy (non-hydrogen) atoms. The SMILES string of the molecule is Cc1ccc2scnc2c1C1CC(OC(=O)NCc2ccc3c(c2)C(=O)N(C2CCC(=O)NC2=O)C3)C1. The standard InChI is InChI=1S/C27H26N4O5S/c1-14-2-6-21-24(29-13-37-21)23(14)17-9-18(10-17)36-27(35)28-11-15-3-4-16-12-31(26(34)19(16)8-15)20-5-7-22(32)30-25(20)33/h2-4,6,8,13,17-18,20H,5,7,9-12H2,1H3,(H,28,35)(H,30,32,33). The van der Waals surface area contributed by atoms with E-state index in [-0.39, 0.29) is 30.9 Å². The number of hydrogen-bond donors (Lipinski definition) is 2. The first-order valence-corrected chi connectivity index (χ1v) is 13.3. The van der Waals surface area contributed by atoms with Gasteiger partial charge in [0.15, 0.2) is 0 Å². The molecule has 3 aromatic rings. The number of hydrogen-bond acceptors (Lipinski definition) is 7. The van der Waals surface area contributed by atoms with E-state index in [1.54, 1.807) is 17.4 Å². The molecule has 2 aromatic carbocycles. The monoisotopic (exact) mass is 518 g/mol. The number of nitrogens with one attached hydrogen (secondary N) is 2. The first-order valence-electron chi connectivity index (χ1n) is 12.4. The first-order chi connectivity index (χ1) is 17.9. The Hall–Kier alpha value is -3.79. The molecule has 3 aliphatic rings. The zero-order valence-corrected chi connectivity index (χ0v) is 21.1. The van der Waals surface area contributed by atoms with Crippen LogP contribution in [-0.4, -0.2) is 45.8 Å². The molecule has 1 atom stereocenters. The van der Waals surface area contributed by atoms with Gasteiger partial charge in [0.25, 0.3) is 5.91 Å². The molecular weight excluding hydrogens is 492 g/mol. The number of piperidine rings is 1. The normalized spacial score (nSPS) is 23.0. The summed E-state index contributed by atoms with van der Waals surface area (Å²) in [6.07, 6.45) is 1.47. The molecule has 1 unspecified atom stereocenters. The molecule has 6 rings (SSSR count). The first kappa shape index (κ1) is 23.6. The Morgan fingerprint density at radius 3 is 2.86 bits per heavy atom. The highest BCUT2D eigenvalue weighted by Crippen LogP contribution is 2.43. The second-order valence-corrected chi connectivity index (χ2v) is 10.8. The Labute approximate surface area is 217 Å². The lowest BCUT2D eigenvalue weighted by Gasteiger charge is -2.35. The highest BCUT2D eigenvalue weighted by Gasteiger charge is 2.39.